The number of anilines is 1. The molecule has 0 atom stereocenters. The number of hydrogen-bond donors (Lipinski definition) is 2. The summed E-state index contributed by atoms with van der Waals surface area (Å²) in [6, 6.07) is 11.6. The minimum absolute atomic E-state index is 0.160. The first-order valence-electron chi connectivity index (χ1n) is 6.19. The van der Waals surface area contributed by atoms with Crippen LogP contribution in [0.25, 0.3) is 0 Å². The highest BCUT2D eigenvalue weighted by Crippen LogP contribution is 2.17. The Balaban J connectivity index is 2.17. The van der Waals surface area contributed by atoms with Crippen LogP contribution in [0.4, 0.5) is 5.69 Å². The maximum atomic E-state index is 12.1. The largest absolute Gasteiger partial charge is 0.478 e. The van der Waals surface area contributed by atoms with Crippen molar-refractivity contribution in [2.24, 2.45) is 0 Å². The van der Waals surface area contributed by atoms with Crippen molar-refractivity contribution >= 4 is 17.6 Å². The van der Waals surface area contributed by atoms with Gasteiger partial charge in [-0.3, -0.25) is 4.79 Å². The van der Waals surface area contributed by atoms with Crippen molar-refractivity contribution < 1.29 is 14.7 Å². The molecule has 0 unspecified atom stereocenters. The Morgan fingerprint density at radius 2 is 1.55 bits per heavy atom. The van der Waals surface area contributed by atoms with Gasteiger partial charge in [-0.15, -0.1) is 0 Å². The van der Waals surface area contributed by atoms with Crippen LogP contribution in [-0.4, -0.2) is 17.0 Å². The molecule has 2 aromatic rings. The summed E-state index contributed by atoms with van der Waals surface area (Å²) in [6.07, 6.45) is 0. The second kappa shape index (κ2) is 5.57. The SMILES string of the molecule is Cc1ccc(NC(=O)c2ccc(C(=O)O)cc2)c(C)c1. The van der Waals surface area contributed by atoms with Gasteiger partial charge in [0.1, 0.15) is 0 Å². The first-order valence-corrected chi connectivity index (χ1v) is 6.19. The summed E-state index contributed by atoms with van der Waals surface area (Å²) >= 11 is 0. The Morgan fingerprint density at radius 3 is 2.10 bits per heavy atom. The average molecular weight is 269 g/mol. The van der Waals surface area contributed by atoms with Gasteiger partial charge >= 0.3 is 5.97 Å². The van der Waals surface area contributed by atoms with Crippen molar-refractivity contribution in [3.8, 4) is 0 Å². The molecule has 0 aromatic heterocycles. The molecule has 0 aliphatic rings. The van der Waals surface area contributed by atoms with E-state index in [2.05, 4.69) is 5.32 Å². The van der Waals surface area contributed by atoms with Crippen molar-refractivity contribution in [2.45, 2.75) is 13.8 Å². The quantitative estimate of drug-likeness (QED) is 0.898. The average Bonchev–Trinajstić information content (AvgIpc) is 2.42. The van der Waals surface area contributed by atoms with Gasteiger partial charge in [0.05, 0.1) is 5.56 Å². The standard InChI is InChI=1S/C16H15NO3/c1-10-3-8-14(11(2)9-10)17-15(18)12-4-6-13(7-5-12)16(19)20/h3-9H,1-2H3,(H,17,18)(H,19,20). The van der Waals surface area contributed by atoms with E-state index >= 15 is 0 Å². The molecular weight excluding hydrogens is 254 g/mol. The molecule has 0 radical (unpaired) electrons. The summed E-state index contributed by atoms with van der Waals surface area (Å²) in [4.78, 5) is 22.8. The van der Waals surface area contributed by atoms with Gasteiger partial charge < -0.3 is 10.4 Å². The molecule has 4 heteroatoms. The van der Waals surface area contributed by atoms with Crippen molar-refractivity contribution in [2.75, 3.05) is 5.32 Å². The number of amides is 1. The number of hydrogen-bond acceptors (Lipinski definition) is 2. The molecule has 0 aliphatic heterocycles. The Bertz CT molecular complexity index is 660. The second-order valence-corrected chi connectivity index (χ2v) is 4.66. The van der Waals surface area contributed by atoms with Gasteiger partial charge in [0.15, 0.2) is 0 Å². The maximum Gasteiger partial charge on any atom is 0.335 e. The van der Waals surface area contributed by atoms with Crippen LogP contribution in [0.1, 0.15) is 31.8 Å². The van der Waals surface area contributed by atoms with Gasteiger partial charge in [-0.2, -0.15) is 0 Å². The second-order valence-electron chi connectivity index (χ2n) is 4.66. The van der Waals surface area contributed by atoms with Gasteiger partial charge in [0.2, 0.25) is 0 Å². The maximum absolute atomic E-state index is 12.1. The first kappa shape index (κ1) is 13.8. The third-order valence-electron chi connectivity index (χ3n) is 3.02. The smallest absolute Gasteiger partial charge is 0.335 e. The van der Waals surface area contributed by atoms with E-state index in [1.807, 2.05) is 32.0 Å². The Labute approximate surface area is 117 Å². The first-order chi connectivity index (χ1) is 9.47. The third-order valence-corrected chi connectivity index (χ3v) is 3.02. The van der Waals surface area contributed by atoms with Crippen LogP contribution in [0.5, 0.6) is 0 Å². The van der Waals surface area contributed by atoms with Gasteiger partial charge in [-0.05, 0) is 49.7 Å². The van der Waals surface area contributed by atoms with Gasteiger partial charge in [-0.1, -0.05) is 17.7 Å². The lowest BCUT2D eigenvalue weighted by atomic mass is 10.1. The molecule has 0 saturated heterocycles. The number of benzene rings is 2. The Morgan fingerprint density at radius 1 is 0.950 bits per heavy atom. The number of carbonyl (C=O) groups excluding carboxylic acids is 1. The number of nitrogens with one attached hydrogen (secondary N) is 1. The highest BCUT2D eigenvalue weighted by atomic mass is 16.4. The zero-order valence-corrected chi connectivity index (χ0v) is 11.3. The van der Waals surface area contributed by atoms with E-state index < -0.39 is 5.97 Å². The van der Waals surface area contributed by atoms with Crippen LogP contribution in [0.3, 0.4) is 0 Å². The molecule has 0 saturated carbocycles. The minimum atomic E-state index is -1.01. The summed E-state index contributed by atoms with van der Waals surface area (Å²) in [5, 5.41) is 11.6. The lowest BCUT2D eigenvalue weighted by Gasteiger charge is -2.09. The highest BCUT2D eigenvalue weighted by Gasteiger charge is 2.09. The highest BCUT2D eigenvalue weighted by molar-refractivity contribution is 6.05. The summed E-state index contributed by atoms with van der Waals surface area (Å²) < 4.78 is 0. The fourth-order valence-corrected chi connectivity index (χ4v) is 1.91. The number of aromatic carboxylic acids is 1. The van der Waals surface area contributed by atoms with E-state index in [1.165, 1.54) is 24.3 Å². The zero-order chi connectivity index (χ0) is 14.7. The lowest BCUT2D eigenvalue weighted by molar-refractivity contribution is 0.0696. The van der Waals surface area contributed by atoms with Crippen molar-refractivity contribution in [3.05, 3.63) is 64.7 Å². The third kappa shape index (κ3) is 3.03. The van der Waals surface area contributed by atoms with Crippen LogP contribution in [0, 0.1) is 13.8 Å². The molecule has 0 spiro atoms. The van der Waals surface area contributed by atoms with E-state index in [0.717, 1.165) is 16.8 Å². The fraction of sp³-hybridized carbons (Fsp3) is 0.125. The van der Waals surface area contributed by atoms with Gasteiger partial charge in [0, 0.05) is 11.3 Å². The Hall–Kier alpha value is -2.62. The van der Waals surface area contributed by atoms with E-state index in [-0.39, 0.29) is 11.5 Å². The summed E-state index contributed by atoms with van der Waals surface area (Å²) in [6.45, 7) is 3.92. The molecule has 2 N–H and O–H groups in total. The number of carboxylic acids is 1. The summed E-state index contributed by atoms with van der Waals surface area (Å²) in [5.74, 6) is -1.26. The monoisotopic (exact) mass is 269 g/mol. The van der Waals surface area contributed by atoms with Crippen LogP contribution in [0.15, 0.2) is 42.5 Å². The fourth-order valence-electron chi connectivity index (χ4n) is 1.91. The minimum Gasteiger partial charge on any atom is -0.478 e. The number of carboxylic acid groups (broad SMARTS) is 1. The van der Waals surface area contributed by atoms with Crippen LogP contribution in [-0.2, 0) is 0 Å². The molecule has 2 aromatic carbocycles. The van der Waals surface area contributed by atoms with Crippen molar-refractivity contribution in [1.29, 1.82) is 0 Å². The summed E-state index contributed by atoms with van der Waals surface area (Å²) in [5.41, 5.74) is 3.46. The molecule has 0 heterocycles. The van der Waals surface area contributed by atoms with E-state index in [9.17, 15) is 9.59 Å². The molecule has 102 valence electrons. The number of rotatable bonds is 3. The molecule has 20 heavy (non-hydrogen) atoms. The molecule has 1 amide bonds. The molecule has 2 rings (SSSR count). The van der Waals surface area contributed by atoms with Crippen molar-refractivity contribution in [3.63, 3.8) is 0 Å². The van der Waals surface area contributed by atoms with E-state index in [0.29, 0.717) is 5.56 Å². The molecule has 4 nitrogen and oxygen atoms in total. The topological polar surface area (TPSA) is 66.4 Å². The van der Waals surface area contributed by atoms with Gasteiger partial charge in [0.25, 0.3) is 5.91 Å². The Kier molecular flexibility index (Phi) is 3.84. The van der Waals surface area contributed by atoms with E-state index in [4.69, 9.17) is 5.11 Å². The molecule has 0 fully saturated rings. The normalized spacial score (nSPS) is 10.1. The number of aryl methyl sites for hydroxylation is 2. The van der Waals surface area contributed by atoms with Crippen LogP contribution >= 0.6 is 0 Å². The predicted molar refractivity (Wildman–Crippen MR) is 77.3 cm³/mol. The van der Waals surface area contributed by atoms with E-state index in [1.54, 1.807) is 0 Å². The molecule has 0 aliphatic carbocycles. The molecular formula is C16H15NO3. The summed E-state index contributed by atoms with van der Waals surface area (Å²) in [7, 11) is 0. The molecule has 0 bridgehead atoms. The predicted octanol–water partition coefficient (Wildman–Crippen LogP) is 3.25. The zero-order valence-electron chi connectivity index (χ0n) is 11.3. The van der Waals surface area contributed by atoms with Gasteiger partial charge in [-0.25, -0.2) is 4.79 Å². The van der Waals surface area contributed by atoms with Crippen LogP contribution in [0.2, 0.25) is 0 Å². The lowest BCUT2D eigenvalue weighted by Crippen LogP contribution is -2.13. The van der Waals surface area contributed by atoms with Crippen molar-refractivity contribution in [1.82, 2.24) is 0 Å². The number of carbonyl (C=O) groups is 2. The van der Waals surface area contributed by atoms with Crippen LogP contribution < -0.4 is 5.32 Å².